The first-order chi connectivity index (χ1) is 11.1. The number of carbonyl (C=O) groups is 2. The van der Waals surface area contributed by atoms with Crippen LogP contribution in [-0.4, -0.2) is 22.2 Å². The van der Waals surface area contributed by atoms with Gasteiger partial charge >= 0.3 is 5.97 Å². The minimum atomic E-state index is -0.840. The fraction of sp³-hybridized carbons (Fsp3) is 0.556. The van der Waals surface area contributed by atoms with Crippen LogP contribution >= 0.6 is 11.8 Å². The van der Waals surface area contributed by atoms with Crippen LogP contribution in [-0.2, 0) is 9.59 Å². The maximum atomic E-state index is 12.3. The minimum absolute atomic E-state index is 0.0742. The molecule has 2 fully saturated rings. The van der Waals surface area contributed by atoms with Gasteiger partial charge in [0.25, 0.3) is 0 Å². The number of thioether (sulfide) groups is 1. The molecule has 1 aromatic rings. The zero-order valence-electron chi connectivity index (χ0n) is 13.2. The number of rotatable bonds is 6. The van der Waals surface area contributed by atoms with E-state index < -0.39 is 11.4 Å². The van der Waals surface area contributed by atoms with Gasteiger partial charge in [-0.1, -0.05) is 31.4 Å². The summed E-state index contributed by atoms with van der Waals surface area (Å²) in [5.74, 6) is -1.03. The number of hydrogen-bond donors (Lipinski definition) is 2. The van der Waals surface area contributed by atoms with E-state index in [-0.39, 0.29) is 12.3 Å². The van der Waals surface area contributed by atoms with Crippen LogP contribution in [0, 0.1) is 5.41 Å². The zero-order chi connectivity index (χ0) is 16.3. The molecule has 2 N–H and O–H groups in total. The standard InChI is InChI=1S/C18H23NO3S/c20-16(12-18(17(21)22)10-5-11-18)19-14-8-3-4-9-15(14)23-13-6-1-2-7-13/h3-4,8-9,13H,1-2,5-7,10-12H2,(H,19,20)(H,21,22). The van der Waals surface area contributed by atoms with E-state index >= 15 is 0 Å². The summed E-state index contributed by atoms with van der Waals surface area (Å²) < 4.78 is 0. The second-order valence-corrected chi connectivity index (χ2v) is 8.03. The molecule has 0 saturated heterocycles. The first-order valence-corrected chi connectivity index (χ1v) is 9.26. The lowest BCUT2D eigenvalue weighted by Crippen LogP contribution is -2.41. The lowest BCUT2D eigenvalue weighted by atomic mass is 9.66. The Kier molecular flexibility index (Phi) is 4.95. The van der Waals surface area contributed by atoms with Gasteiger partial charge in [-0.25, -0.2) is 0 Å². The summed E-state index contributed by atoms with van der Waals surface area (Å²) in [5.41, 5.74) is -0.0216. The number of nitrogens with one attached hydrogen (secondary N) is 1. The first kappa shape index (κ1) is 16.4. The Morgan fingerprint density at radius 2 is 1.87 bits per heavy atom. The third kappa shape index (κ3) is 3.71. The van der Waals surface area contributed by atoms with E-state index in [0.717, 1.165) is 17.0 Å². The van der Waals surface area contributed by atoms with Crippen LogP contribution in [0.1, 0.15) is 51.4 Å². The maximum Gasteiger partial charge on any atom is 0.310 e. The van der Waals surface area contributed by atoms with E-state index in [0.29, 0.717) is 18.1 Å². The minimum Gasteiger partial charge on any atom is -0.481 e. The van der Waals surface area contributed by atoms with Gasteiger partial charge < -0.3 is 10.4 Å². The zero-order valence-corrected chi connectivity index (χ0v) is 14.0. The molecule has 4 nitrogen and oxygen atoms in total. The molecule has 2 aliphatic carbocycles. The van der Waals surface area contributed by atoms with Crippen LogP contribution in [0.5, 0.6) is 0 Å². The van der Waals surface area contributed by atoms with Gasteiger partial charge in [0, 0.05) is 16.6 Å². The first-order valence-electron chi connectivity index (χ1n) is 8.38. The molecule has 124 valence electrons. The topological polar surface area (TPSA) is 66.4 Å². The molecular weight excluding hydrogens is 310 g/mol. The Morgan fingerprint density at radius 3 is 2.48 bits per heavy atom. The monoisotopic (exact) mass is 333 g/mol. The third-order valence-corrected chi connectivity index (χ3v) is 6.43. The summed E-state index contributed by atoms with van der Waals surface area (Å²) in [6.45, 7) is 0. The fourth-order valence-electron chi connectivity index (χ4n) is 3.43. The largest absolute Gasteiger partial charge is 0.481 e. The van der Waals surface area contributed by atoms with E-state index in [1.54, 1.807) is 0 Å². The predicted molar refractivity (Wildman–Crippen MR) is 91.7 cm³/mol. The molecule has 3 rings (SSSR count). The molecule has 1 aromatic carbocycles. The molecule has 0 aromatic heterocycles. The summed E-state index contributed by atoms with van der Waals surface area (Å²) in [5, 5.41) is 12.9. The summed E-state index contributed by atoms with van der Waals surface area (Å²) in [7, 11) is 0. The van der Waals surface area contributed by atoms with Gasteiger partial charge in [0.05, 0.1) is 11.1 Å². The molecule has 0 spiro atoms. The quantitative estimate of drug-likeness (QED) is 0.814. The maximum absolute atomic E-state index is 12.3. The van der Waals surface area contributed by atoms with Gasteiger partial charge in [-0.15, -0.1) is 11.8 Å². The van der Waals surface area contributed by atoms with Crippen molar-refractivity contribution >= 4 is 29.3 Å². The van der Waals surface area contributed by atoms with Crippen molar-refractivity contribution in [3.05, 3.63) is 24.3 Å². The number of hydrogen-bond acceptors (Lipinski definition) is 3. The van der Waals surface area contributed by atoms with E-state index in [2.05, 4.69) is 5.32 Å². The number of para-hydroxylation sites is 1. The molecule has 0 heterocycles. The molecule has 5 heteroatoms. The summed E-state index contributed by atoms with van der Waals surface area (Å²) in [4.78, 5) is 24.8. The van der Waals surface area contributed by atoms with Crippen molar-refractivity contribution in [2.24, 2.45) is 5.41 Å². The van der Waals surface area contributed by atoms with Crippen molar-refractivity contribution in [3.8, 4) is 0 Å². The van der Waals surface area contributed by atoms with Gasteiger partial charge in [-0.05, 0) is 37.8 Å². The normalized spacial score (nSPS) is 20.0. The van der Waals surface area contributed by atoms with Gasteiger partial charge in [0.15, 0.2) is 0 Å². The average molecular weight is 333 g/mol. The van der Waals surface area contributed by atoms with Crippen LogP contribution in [0.4, 0.5) is 5.69 Å². The van der Waals surface area contributed by atoms with E-state index in [1.807, 2.05) is 36.0 Å². The second kappa shape index (κ2) is 6.95. The highest BCUT2D eigenvalue weighted by Gasteiger charge is 2.45. The number of carboxylic acids is 1. The summed E-state index contributed by atoms with van der Waals surface area (Å²) in [6.07, 6.45) is 7.21. The number of anilines is 1. The number of aliphatic carboxylic acids is 1. The highest BCUT2D eigenvalue weighted by atomic mass is 32.2. The number of benzene rings is 1. The smallest absolute Gasteiger partial charge is 0.310 e. The van der Waals surface area contributed by atoms with Crippen LogP contribution in [0.2, 0.25) is 0 Å². The van der Waals surface area contributed by atoms with Gasteiger partial charge in [0.2, 0.25) is 5.91 Å². The molecule has 0 unspecified atom stereocenters. The molecule has 2 saturated carbocycles. The van der Waals surface area contributed by atoms with Crippen molar-refractivity contribution in [1.29, 1.82) is 0 Å². The van der Waals surface area contributed by atoms with Crippen LogP contribution in [0.25, 0.3) is 0 Å². The Labute approximate surface area is 141 Å². The van der Waals surface area contributed by atoms with Crippen LogP contribution in [0.3, 0.4) is 0 Å². The lowest BCUT2D eigenvalue weighted by molar-refractivity contribution is -0.157. The third-order valence-electron chi connectivity index (χ3n) is 5.02. The van der Waals surface area contributed by atoms with E-state index in [1.165, 1.54) is 25.7 Å². The van der Waals surface area contributed by atoms with E-state index in [9.17, 15) is 14.7 Å². The predicted octanol–water partition coefficient (Wildman–Crippen LogP) is 4.30. The number of amides is 1. The fourth-order valence-corrected chi connectivity index (χ4v) is 4.76. The van der Waals surface area contributed by atoms with Crippen molar-refractivity contribution in [3.63, 3.8) is 0 Å². The van der Waals surface area contributed by atoms with Crippen molar-refractivity contribution < 1.29 is 14.7 Å². The van der Waals surface area contributed by atoms with Crippen molar-refractivity contribution in [2.75, 3.05) is 5.32 Å². The molecule has 0 atom stereocenters. The Morgan fingerprint density at radius 1 is 1.17 bits per heavy atom. The number of carbonyl (C=O) groups excluding carboxylic acids is 1. The molecule has 0 radical (unpaired) electrons. The molecule has 0 bridgehead atoms. The highest BCUT2D eigenvalue weighted by Crippen LogP contribution is 2.44. The van der Waals surface area contributed by atoms with Gasteiger partial charge in [0.1, 0.15) is 0 Å². The van der Waals surface area contributed by atoms with E-state index in [4.69, 9.17) is 0 Å². The van der Waals surface area contributed by atoms with Gasteiger partial charge in [-0.2, -0.15) is 0 Å². The van der Waals surface area contributed by atoms with Crippen molar-refractivity contribution in [1.82, 2.24) is 0 Å². The summed E-state index contributed by atoms with van der Waals surface area (Å²) >= 11 is 1.83. The van der Waals surface area contributed by atoms with Crippen molar-refractivity contribution in [2.45, 2.75) is 61.5 Å². The molecular formula is C18H23NO3S. The molecule has 23 heavy (non-hydrogen) atoms. The Hall–Kier alpha value is -1.49. The van der Waals surface area contributed by atoms with Crippen LogP contribution in [0.15, 0.2) is 29.2 Å². The summed E-state index contributed by atoms with van der Waals surface area (Å²) in [6, 6.07) is 7.83. The second-order valence-electron chi connectivity index (χ2n) is 6.68. The molecule has 2 aliphatic rings. The van der Waals surface area contributed by atoms with Crippen LogP contribution < -0.4 is 5.32 Å². The molecule has 1 amide bonds. The van der Waals surface area contributed by atoms with Gasteiger partial charge in [-0.3, -0.25) is 9.59 Å². The highest BCUT2D eigenvalue weighted by molar-refractivity contribution is 8.00. The molecule has 0 aliphatic heterocycles. The SMILES string of the molecule is O=C(CC1(C(=O)O)CCC1)Nc1ccccc1SC1CCCC1. The average Bonchev–Trinajstić information content (AvgIpc) is 2.97. The lowest BCUT2D eigenvalue weighted by Gasteiger charge is -2.36. The number of carboxylic acid groups (broad SMARTS) is 1. The Balaban J connectivity index is 1.65. The Bertz CT molecular complexity index is 592.